The fourth-order valence-electron chi connectivity index (χ4n) is 4.13. The summed E-state index contributed by atoms with van der Waals surface area (Å²) in [5.41, 5.74) is 4.59. The molecule has 1 aliphatic rings. The minimum absolute atomic E-state index is 0. The van der Waals surface area contributed by atoms with Gasteiger partial charge in [-0.1, -0.05) is 24.3 Å². The highest BCUT2D eigenvalue weighted by Crippen LogP contribution is 2.27. The van der Waals surface area contributed by atoms with Crippen LogP contribution in [0.4, 0.5) is 11.5 Å². The van der Waals surface area contributed by atoms with Gasteiger partial charge in [0.1, 0.15) is 24.4 Å². The molecule has 1 aliphatic heterocycles. The lowest BCUT2D eigenvalue weighted by atomic mass is 10.2. The van der Waals surface area contributed by atoms with Crippen LogP contribution in [0.2, 0.25) is 0 Å². The average molecular weight is 395 g/mol. The number of ether oxygens (including phenoxy) is 1. The molecule has 1 N–H and O–H groups in total. The molecule has 6 heteroatoms. The third-order valence-corrected chi connectivity index (χ3v) is 5.49. The van der Waals surface area contributed by atoms with E-state index < -0.39 is 0 Å². The fourth-order valence-corrected chi connectivity index (χ4v) is 4.13. The first-order valence-corrected chi connectivity index (χ1v) is 9.44. The van der Waals surface area contributed by atoms with Gasteiger partial charge >= 0.3 is 0 Å². The number of anilines is 1. The summed E-state index contributed by atoms with van der Waals surface area (Å²) in [7, 11) is 1.74. The number of fused-ring (bicyclic) bond motifs is 3. The molecule has 0 atom stereocenters. The highest BCUT2D eigenvalue weighted by Gasteiger charge is 2.26. The van der Waals surface area contributed by atoms with Crippen LogP contribution in [-0.4, -0.2) is 42.7 Å². The van der Waals surface area contributed by atoms with E-state index in [0.29, 0.717) is 0 Å². The van der Waals surface area contributed by atoms with Crippen molar-refractivity contribution in [3.05, 3.63) is 66.9 Å². The Bertz CT molecular complexity index is 1100. The van der Waals surface area contributed by atoms with Crippen molar-refractivity contribution in [3.8, 4) is 5.75 Å². The molecule has 0 unspecified atom stereocenters. The predicted octanol–water partition coefficient (Wildman–Crippen LogP) is -0.463. The lowest BCUT2D eigenvalue weighted by molar-refractivity contribution is -0.834. The Labute approximate surface area is 170 Å². The van der Waals surface area contributed by atoms with Crippen molar-refractivity contribution in [2.75, 3.05) is 38.2 Å². The molecule has 0 radical (unpaired) electrons. The Morgan fingerprint density at radius 2 is 1.61 bits per heavy atom. The second-order valence-electron chi connectivity index (χ2n) is 6.98. The van der Waals surface area contributed by atoms with Gasteiger partial charge in [-0.05, 0) is 36.4 Å². The summed E-state index contributed by atoms with van der Waals surface area (Å²) in [6.45, 7) is 4.00. The summed E-state index contributed by atoms with van der Waals surface area (Å²) >= 11 is 0. The van der Waals surface area contributed by atoms with Gasteiger partial charge in [0, 0.05) is 6.20 Å². The number of halogens is 1. The average Bonchev–Trinajstić information content (AvgIpc) is 3.23. The molecule has 1 saturated heterocycles. The lowest BCUT2D eigenvalue weighted by Gasteiger charge is -2.33. The van der Waals surface area contributed by atoms with Crippen LogP contribution in [0.15, 0.2) is 66.9 Å². The molecule has 144 valence electrons. The fraction of sp³-hybridized carbons (Fsp3) is 0.227. The van der Waals surface area contributed by atoms with Gasteiger partial charge in [0.15, 0.2) is 0 Å². The first-order chi connectivity index (χ1) is 13.3. The van der Waals surface area contributed by atoms with E-state index in [1.807, 2.05) is 12.1 Å². The van der Waals surface area contributed by atoms with Crippen LogP contribution in [0, 0.1) is 0 Å². The third-order valence-electron chi connectivity index (χ3n) is 5.49. The number of piperazine rings is 1. The van der Waals surface area contributed by atoms with Crippen molar-refractivity contribution in [3.63, 3.8) is 0 Å². The molecule has 0 bridgehead atoms. The normalized spacial score (nSPS) is 15.0. The monoisotopic (exact) mass is 394 g/mol. The van der Waals surface area contributed by atoms with Crippen molar-refractivity contribution in [2.24, 2.45) is 0 Å². The van der Waals surface area contributed by atoms with Crippen molar-refractivity contribution in [2.45, 2.75) is 0 Å². The van der Waals surface area contributed by atoms with E-state index in [2.05, 4.69) is 64.0 Å². The van der Waals surface area contributed by atoms with E-state index in [1.165, 1.54) is 16.1 Å². The van der Waals surface area contributed by atoms with Crippen LogP contribution in [0.25, 0.3) is 16.6 Å². The standard InChI is InChI=1S/C22H22N4O.ClH/c1-27-21-11-5-4-9-19(21)24-13-15-25(16-14-24)22-20-10-6-12-26(20)18-8-3-2-7-17(18)23-22;/h2-12H,13-16H2,1H3;1H. The van der Waals surface area contributed by atoms with Crippen LogP contribution >= 0.6 is 0 Å². The summed E-state index contributed by atoms with van der Waals surface area (Å²) in [5.74, 6) is 2.09. The summed E-state index contributed by atoms with van der Waals surface area (Å²) in [6.07, 6.45) is 2.13. The zero-order valence-electron chi connectivity index (χ0n) is 15.8. The van der Waals surface area contributed by atoms with Crippen LogP contribution in [0.1, 0.15) is 0 Å². The second-order valence-corrected chi connectivity index (χ2v) is 6.98. The van der Waals surface area contributed by atoms with E-state index in [0.717, 1.165) is 48.8 Å². The van der Waals surface area contributed by atoms with Crippen LogP contribution < -0.4 is 26.9 Å². The smallest absolute Gasteiger partial charge is 0.251 e. The van der Waals surface area contributed by atoms with Crippen molar-refractivity contribution >= 4 is 28.1 Å². The van der Waals surface area contributed by atoms with Crippen molar-refractivity contribution < 1.29 is 22.0 Å². The van der Waals surface area contributed by atoms with Gasteiger partial charge in [0.25, 0.3) is 5.82 Å². The Morgan fingerprint density at radius 1 is 0.893 bits per heavy atom. The molecule has 2 aromatic heterocycles. The zero-order chi connectivity index (χ0) is 18.2. The minimum atomic E-state index is 0. The molecular formula is C22H23ClN4O. The molecule has 0 spiro atoms. The summed E-state index contributed by atoms with van der Waals surface area (Å²) in [4.78, 5) is 8.89. The van der Waals surface area contributed by atoms with E-state index >= 15 is 0 Å². The maximum atomic E-state index is 5.54. The van der Waals surface area contributed by atoms with E-state index in [1.54, 1.807) is 7.11 Å². The molecule has 0 aliphatic carbocycles. The van der Waals surface area contributed by atoms with Crippen molar-refractivity contribution in [1.29, 1.82) is 0 Å². The maximum absolute atomic E-state index is 5.54. The van der Waals surface area contributed by atoms with Gasteiger partial charge in [-0.3, -0.25) is 4.90 Å². The summed E-state index contributed by atoms with van der Waals surface area (Å²) in [6, 6.07) is 20.9. The molecule has 1 fully saturated rings. The molecule has 5 rings (SSSR count). The van der Waals surface area contributed by atoms with Gasteiger partial charge < -0.3 is 26.4 Å². The maximum Gasteiger partial charge on any atom is 0.251 e. The first-order valence-electron chi connectivity index (χ1n) is 9.44. The Hall–Kier alpha value is -2.76. The van der Waals surface area contributed by atoms with Crippen molar-refractivity contribution in [1.82, 2.24) is 9.38 Å². The topological polar surface area (TPSA) is 34.2 Å². The van der Waals surface area contributed by atoms with E-state index in [4.69, 9.17) is 9.72 Å². The molecule has 3 heterocycles. The number of benzene rings is 2. The number of methoxy groups -OCH3 is 1. The van der Waals surface area contributed by atoms with Gasteiger partial charge in [-0.25, -0.2) is 0 Å². The minimum Gasteiger partial charge on any atom is -1.00 e. The summed E-state index contributed by atoms with van der Waals surface area (Å²) < 4.78 is 7.80. The number of nitrogens with zero attached hydrogens (tertiary/aromatic N) is 3. The van der Waals surface area contributed by atoms with Gasteiger partial charge in [0.05, 0.1) is 36.9 Å². The Morgan fingerprint density at radius 3 is 2.43 bits per heavy atom. The third kappa shape index (κ3) is 3.07. The number of hydrogen-bond donors (Lipinski definition) is 1. The van der Waals surface area contributed by atoms with Gasteiger partial charge in [-0.15, -0.1) is 0 Å². The molecular weight excluding hydrogens is 372 g/mol. The number of quaternary nitrogens is 1. The molecule has 5 nitrogen and oxygen atoms in total. The number of aromatic nitrogens is 2. The SMILES string of the molecule is COc1ccccc1N1CC[NH+](c2nc3ccccc3n3cccc23)CC1.[Cl-]. The van der Waals surface area contributed by atoms with E-state index in [9.17, 15) is 0 Å². The highest BCUT2D eigenvalue weighted by molar-refractivity contribution is 5.82. The lowest BCUT2D eigenvalue weighted by Crippen LogP contribution is -3.10. The van der Waals surface area contributed by atoms with Crippen LogP contribution in [0.5, 0.6) is 5.75 Å². The molecule has 4 aromatic rings. The number of hydrogen-bond acceptors (Lipinski definition) is 3. The largest absolute Gasteiger partial charge is 1.00 e. The Kier molecular flexibility index (Phi) is 5.11. The molecule has 0 saturated carbocycles. The van der Waals surface area contributed by atoms with Gasteiger partial charge in [-0.2, -0.15) is 4.98 Å². The molecule has 2 aromatic carbocycles. The number of nitrogens with one attached hydrogen (secondary N) is 1. The van der Waals surface area contributed by atoms with E-state index in [-0.39, 0.29) is 12.4 Å². The quantitative estimate of drug-likeness (QED) is 0.510. The van der Waals surface area contributed by atoms with Crippen LogP contribution in [0.3, 0.4) is 0 Å². The number of rotatable bonds is 3. The molecule has 0 amide bonds. The summed E-state index contributed by atoms with van der Waals surface area (Å²) in [5, 5.41) is 0. The highest BCUT2D eigenvalue weighted by atomic mass is 35.5. The second kappa shape index (κ2) is 7.70. The predicted molar refractivity (Wildman–Crippen MR) is 108 cm³/mol. The van der Waals surface area contributed by atoms with Crippen LogP contribution in [-0.2, 0) is 0 Å². The zero-order valence-corrected chi connectivity index (χ0v) is 16.6. The number of para-hydroxylation sites is 4. The van der Waals surface area contributed by atoms with Gasteiger partial charge in [0.2, 0.25) is 0 Å². The first kappa shape index (κ1) is 18.6. The Balaban J connectivity index is 0.00000192. The molecule has 28 heavy (non-hydrogen) atoms.